The van der Waals surface area contributed by atoms with Crippen molar-refractivity contribution in [3.63, 3.8) is 0 Å². The molecule has 0 saturated heterocycles. The van der Waals surface area contributed by atoms with Gasteiger partial charge in [0, 0.05) is 0 Å². The van der Waals surface area contributed by atoms with Crippen molar-refractivity contribution in [1.82, 2.24) is 0 Å². The molecule has 0 aromatic heterocycles. The standard InChI is InChI=1S/C36H50O2S/c37-35-31(27-17-9-3-10-18-27)21-29(25-13-5-1-6-14-25)23-33(35)39-34-24-30(26-15-7-2-8-16-26)22-32(36(34)38)28-19-11-4-12-20-28/h21-28,37-38H,1-20H2. The number of aromatic hydroxyl groups is 2. The largest absolute Gasteiger partial charge is 0.506 e. The molecule has 2 aromatic rings. The Morgan fingerprint density at radius 3 is 1.05 bits per heavy atom. The molecule has 3 heteroatoms. The third-order valence-electron chi connectivity index (χ3n) is 10.7. The number of rotatable bonds is 6. The van der Waals surface area contributed by atoms with Gasteiger partial charge in [-0.1, -0.05) is 101 Å². The van der Waals surface area contributed by atoms with E-state index in [1.807, 2.05) is 0 Å². The van der Waals surface area contributed by atoms with Crippen LogP contribution in [0.2, 0.25) is 0 Å². The molecule has 0 amide bonds. The van der Waals surface area contributed by atoms with Gasteiger partial charge in [0.05, 0.1) is 9.79 Å². The van der Waals surface area contributed by atoms with Crippen molar-refractivity contribution in [2.24, 2.45) is 0 Å². The fraction of sp³-hybridized carbons (Fsp3) is 0.667. The summed E-state index contributed by atoms with van der Waals surface area (Å²) in [6.07, 6.45) is 25.6. The molecule has 4 fully saturated rings. The summed E-state index contributed by atoms with van der Waals surface area (Å²) in [4.78, 5) is 1.95. The summed E-state index contributed by atoms with van der Waals surface area (Å²) < 4.78 is 0. The van der Waals surface area contributed by atoms with Crippen molar-refractivity contribution >= 4 is 11.8 Å². The van der Waals surface area contributed by atoms with Gasteiger partial charge in [-0.25, -0.2) is 0 Å². The predicted molar refractivity (Wildman–Crippen MR) is 164 cm³/mol. The first kappa shape index (κ1) is 27.6. The topological polar surface area (TPSA) is 40.5 Å². The normalized spacial score (nSPS) is 22.8. The molecule has 4 saturated carbocycles. The zero-order valence-electron chi connectivity index (χ0n) is 24.1. The molecule has 2 N–H and O–H groups in total. The molecular formula is C36H50O2S. The number of benzene rings is 2. The lowest BCUT2D eigenvalue weighted by atomic mass is 9.79. The van der Waals surface area contributed by atoms with Gasteiger partial charge in [-0.3, -0.25) is 0 Å². The van der Waals surface area contributed by atoms with Gasteiger partial charge < -0.3 is 10.2 Å². The second-order valence-corrected chi connectivity index (χ2v) is 14.4. The SMILES string of the molecule is Oc1c(Sc2cc(C3CCCCC3)cc(C3CCCCC3)c2O)cc(C2CCCCC2)cc1C1CCCCC1. The van der Waals surface area contributed by atoms with Crippen LogP contribution in [0.4, 0.5) is 0 Å². The van der Waals surface area contributed by atoms with Gasteiger partial charge in [-0.2, -0.15) is 0 Å². The quantitative estimate of drug-likeness (QED) is 0.378. The van der Waals surface area contributed by atoms with Crippen molar-refractivity contribution in [3.8, 4) is 11.5 Å². The van der Waals surface area contributed by atoms with Gasteiger partial charge in [0.15, 0.2) is 0 Å². The molecule has 0 aliphatic heterocycles. The first-order valence-corrected chi connectivity index (χ1v) is 17.4. The smallest absolute Gasteiger partial charge is 0.132 e. The Morgan fingerprint density at radius 2 is 0.718 bits per heavy atom. The highest BCUT2D eigenvalue weighted by Crippen LogP contribution is 2.51. The minimum absolute atomic E-state index is 0.474. The molecule has 212 valence electrons. The molecule has 0 radical (unpaired) electrons. The van der Waals surface area contributed by atoms with Crippen LogP contribution in [0.1, 0.15) is 174 Å². The van der Waals surface area contributed by atoms with Gasteiger partial charge in [0.1, 0.15) is 11.5 Å². The van der Waals surface area contributed by atoms with Crippen molar-refractivity contribution in [2.45, 2.75) is 162 Å². The third kappa shape index (κ3) is 6.34. The molecule has 0 spiro atoms. The van der Waals surface area contributed by atoms with Crippen LogP contribution in [0.5, 0.6) is 11.5 Å². The van der Waals surface area contributed by atoms with E-state index in [0.29, 0.717) is 35.2 Å². The Morgan fingerprint density at radius 1 is 0.410 bits per heavy atom. The van der Waals surface area contributed by atoms with Crippen molar-refractivity contribution in [3.05, 3.63) is 46.5 Å². The molecule has 0 heterocycles. The van der Waals surface area contributed by atoms with Crippen LogP contribution < -0.4 is 0 Å². The fourth-order valence-corrected chi connectivity index (χ4v) is 9.43. The highest BCUT2D eigenvalue weighted by molar-refractivity contribution is 7.99. The minimum Gasteiger partial charge on any atom is -0.506 e. The van der Waals surface area contributed by atoms with E-state index in [0.717, 1.165) is 9.79 Å². The zero-order chi connectivity index (χ0) is 26.6. The Labute approximate surface area is 241 Å². The summed E-state index contributed by atoms with van der Waals surface area (Å²) in [6.45, 7) is 0. The van der Waals surface area contributed by atoms with Crippen LogP contribution in [-0.2, 0) is 0 Å². The lowest BCUT2D eigenvalue weighted by molar-refractivity contribution is 0.403. The molecular weight excluding hydrogens is 496 g/mol. The van der Waals surface area contributed by atoms with Gasteiger partial charge in [-0.05, 0) is 109 Å². The van der Waals surface area contributed by atoms with E-state index in [9.17, 15) is 10.2 Å². The van der Waals surface area contributed by atoms with Gasteiger partial charge in [-0.15, -0.1) is 0 Å². The maximum absolute atomic E-state index is 11.7. The summed E-state index contributed by atoms with van der Waals surface area (Å²) in [7, 11) is 0. The van der Waals surface area contributed by atoms with Crippen molar-refractivity contribution < 1.29 is 10.2 Å². The van der Waals surface area contributed by atoms with E-state index in [4.69, 9.17) is 0 Å². The minimum atomic E-state index is 0.474. The highest BCUT2D eigenvalue weighted by atomic mass is 32.2. The molecule has 0 atom stereocenters. The maximum atomic E-state index is 11.7. The molecule has 2 nitrogen and oxygen atoms in total. The van der Waals surface area contributed by atoms with E-state index in [1.165, 1.54) is 151 Å². The summed E-state index contributed by atoms with van der Waals surface area (Å²) >= 11 is 1.65. The Kier molecular flexibility index (Phi) is 9.13. The molecule has 6 rings (SSSR count). The van der Waals surface area contributed by atoms with E-state index in [-0.39, 0.29) is 0 Å². The van der Waals surface area contributed by atoms with E-state index < -0.39 is 0 Å². The lowest BCUT2D eigenvalue weighted by Gasteiger charge is -2.29. The molecule has 2 aromatic carbocycles. The molecule has 0 unspecified atom stereocenters. The number of phenolic OH excluding ortho intramolecular Hbond substituents is 2. The molecule has 4 aliphatic rings. The van der Waals surface area contributed by atoms with E-state index >= 15 is 0 Å². The average Bonchev–Trinajstić information content (AvgIpc) is 3.01. The van der Waals surface area contributed by atoms with Crippen LogP contribution in [-0.4, -0.2) is 10.2 Å². The van der Waals surface area contributed by atoms with E-state index in [2.05, 4.69) is 24.3 Å². The van der Waals surface area contributed by atoms with Crippen molar-refractivity contribution in [1.29, 1.82) is 0 Å². The number of hydrogen-bond acceptors (Lipinski definition) is 3. The second kappa shape index (κ2) is 12.9. The summed E-state index contributed by atoms with van der Waals surface area (Å²) in [5.41, 5.74) is 5.25. The van der Waals surface area contributed by atoms with Crippen LogP contribution >= 0.6 is 11.8 Å². The van der Waals surface area contributed by atoms with Crippen LogP contribution in [0.3, 0.4) is 0 Å². The van der Waals surface area contributed by atoms with E-state index in [1.54, 1.807) is 11.8 Å². The summed E-state index contributed by atoms with van der Waals surface area (Å²) in [5.74, 6) is 3.16. The van der Waals surface area contributed by atoms with Gasteiger partial charge >= 0.3 is 0 Å². The van der Waals surface area contributed by atoms with Crippen LogP contribution in [0.25, 0.3) is 0 Å². The second-order valence-electron chi connectivity index (χ2n) is 13.4. The highest BCUT2D eigenvalue weighted by Gasteiger charge is 2.28. The maximum Gasteiger partial charge on any atom is 0.132 e. The average molecular weight is 547 g/mol. The van der Waals surface area contributed by atoms with Gasteiger partial charge in [0.25, 0.3) is 0 Å². The van der Waals surface area contributed by atoms with Crippen molar-refractivity contribution in [2.75, 3.05) is 0 Å². The first-order valence-electron chi connectivity index (χ1n) is 16.6. The molecule has 39 heavy (non-hydrogen) atoms. The summed E-state index contributed by atoms with van der Waals surface area (Å²) in [6, 6.07) is 9.37. The Bertz CT molecular complexity index is 1010. The van der Waals surface area contributed by atoms with Gasteiger partial charge in [0.2, 0.25) is 0 Å². The third-order valence-corrected chi connectivity index (χ3v) is 11.8. The predicted octanol–water partition coefficient (Wildman–Crippen LogP) is 11.4. The Balaban J connectivity index is 1.40. The first-order chi connectivity index (χ1) is 19.2. The fourth-order valence-electron chi connectivity index (χ4n) is 8.37. The zero-order valence-corrected chi connectivity index (χ0v) is 24.9. The monoisotopic (exact) mass is 546 g/mol. The number of phenols is 2. The lowest BCUT2D eigenvalue weighted by Crippen LogP contribution is -2.10. The number of hydrogen-bond donors (Lipinski definition) is 2. The van der Waals surface area contributed by atoms with Crippen LogP contribution in [0.15, 0.2) is 34.1 Å². The Hall–Kier alpha value is -1.61. The summed E-state index contributed by atoms with van der Waals surface area (Å²) in [5, 5.41) is 23.5. The molecule has 4 aliphatic carbocycles. The van der Waals surface area contributed by atoms with Crippen LogP contribution in [0, 0.1) is 0 Å². The molecule has 0 bridgehead atoms.